The van der Waals surface area contributed by atoms with E-state index in [0.29, 0.717) is 6.54 Å². The Kier molecular flexibility index (Phi) is 8.41. The van der Waals surface area contributed by atoms with Gasteiger partial charge < -0.3 is 24.8 Å². The molecule has 2 N–H and O–H groups in total. The van der Waals surface area contributed by atoms with Crippen LogP contribution in [0, 0.1) is 0 Å². The van der Waals surface area contributed by atoms with Crippen molar-refractivity contribution in [2.24, 2.45) is 4.99 Å². The van der Waals surface area contributed by atoms with Crippen LogP contribution in [0.2, 0.25) is 0 Å². The topological polar surface area (TPSA) is 64.1 Å². The molecule has 1 saturated heterocycles. The molecule has 0 saturated carbocycles. The number of nitrogens with zero attached hydrogens (tertiary/aromatic N) is 1. The van der Waals surface area contributed by atoms with Gasteiger partial charge in [0.15, 0.2) is 5.96 Å². The first-order valence-electron chi connectivity index (χ1n) is 8.66. The van der Waals surface area contributed by atoms with Gasteiger partial charge in [-0.25, -0.2) is 4.99 Å². The molecule has 0 amide bonds. The van der Waals surface area contributed by atoms with Gasteiger partial charge in [-0.15, -0.1) is 0 Å². The van der Waals surface area contributed by atoms with Crippen LogP contribution in [0.1, 0.15) is 25.3 Å². The maximum absolute atomic E-state index is 5.76. The van der Waals surface area contributed by atoms with Crippen molar-refractivity contribution in [3.63, 3.8) is 0 Å². The van der Waals surface area contributed by atoms with E-state index in [0.717, 1.165) is 63.0 Å². The molecule has 0 radical (unpaired) electrons. The Morgan fingerprint density at radius 2 is 2.29 bits per heavy atom. The highest BCUT2D eigenvalue weighted by molar-refractivity contribution is 5.79. The van der Waals surface area contributed by atoms with Gasteiger partial charge in [0.2, 0.25) is 0 Å². The Bertz CT molecular complexity index is 502. The Morgan fingerprint density at radius 1 is 1.38 bits per heavy atom. The fourth-order valence-electron chi connectivity index (χ4n) is 2.46. The van der Waals surface area contributed by atoms with E-state index < -0.39 is 0 Å². The molecule has 1 atom stereocenters. The van der Waals surface area contributed by atoms with Crippen LogP contribution in [-0.4, -0.2) is 52.1 Å². The van der Waals surface area contributed by atoms with Gasteiger partial charge in [0, 0.05) is 26.3 Å². The lowest BCUT2D eigenvalue weighted by Crippen LogP contribution is -2.38. The average Bonchev–Trinajstić information content (AvgIpc) is 3.13. The second kappa shape index (κ2) is 10.9. The smallest absolute Gasteiger partial charge is 0.191 e. The Balaban J connectivity index is 1.71. The minimum atomic E-state index is 0.278. The number of aliphatic imine (C=N–C) groups is 1. The van der Waals surface area contributed by atoms with Gasteiger partial charge in [-0.05, 0) is 37.5 Å². The monoisotopic (exact) mass is 335 g/mol. The summed E-state index contributed by atoms with van der Waals surface area (Å²) in [6, 6.07) is 7.97. The highest BCUT2D eigenvalue weighted by atomic mass is 16.5. The van der Waals surface area contributed by atoms with Crippen molar-refractivity contribution in [3.05, 3.63) is 29.8 Å². The average molecular weight is 335 g/mol. The van der Waals surface area contributed by atoms with Crippen LogP contribution >= 0.6 is 0 Å². The second-order valence-corrected chi connectivity index (χ2v) is 5.68. The Labute approximate surface area is 144 Å². The zero-order valence-electron chi connectivity index (χ0n) is 14.7. The van der Waals surface area contributed by atoms with Crippen molar-refractivity contribution in [1.29, 1.82) is 0 Å². The molecular weight excluding hydrogens is 306 g/mol. The SMILES string of the molecule is CCNC(=NCc1cccc(OC)c1)NCCCOC1CCOC1. The van der Waals surface area contributed by atoms with E-state index in [1.165, 1.54) is 0 Å². The van der Waals surface area contributed by atoms with Gasteiger partial charge in [-0.3, -0.25) is 0 Å². The quantitative estimate of drug-likeness (QED) is 0.410. The third kappa shape index (κ3) is 6.76. The standard InChI is InChI=1S/C18H29N3O3/c1-3-19-18(20-9-5-10-24-17-8-11-23-14-17)21-13-15-6-4-7-16(12-15)22-2/h4,6-7,12,17H,3,5,8-11,13-14H2,1-2H3,(H2,19,20,21). The Morgan fingerprint density at radius 3 is 3.04 bits per heavy atom. The van der Waals surface area contributed by atoms with Crippen LogP contribution in [0.25, 0.3) is 0 Å². The van der Waals surface area contributed by atoms with E-state index in [4.69, 9.17) is 14.2 Å². The second-order valence-electron chi connectivity index (χ2n) is 5.68. The van der Waals surface area contributed by atoms with Crippen molar-refractivity contribution in [2.45, 2.75) is 32.4 Å². The van der Waals surface area contributed by atoms with E-state index in [2.05, 4.69) is 22.5 Å². The third-order valence-electron chi connectivity index (χ3n) is 3.75. The lowest BCUT2D eigenvalue weighted by Gasteiger charge is -2.13. The molecule has 1 aliphatic rings. The number of nitrogens with one attached hydrogen (secondary N) is 2. The molecule has 1 aliphatic heterocycles. The summed E-state index contributed by atoms with van der Waals surface area (Å²) in [5.74, 6) is 1.68. The molecule has 1 aromatic carbocycles. The number of rotatable bonds is 9. The molecule has 134 valence electrons. The fraction of sp³-hybridized carbons (Fsp3) is 0.611. The van der Waals surface area contributed by atoms with Crippen LogP contribution < -0.4 is 15.4 Å². The van der Waals surface area contributed by atoms with Crippen molar-refractivity contribution in [1.82, 2.24) is 10.6 Å². The van der Waals surface area contributed by atoms with Crippen molar-refractivity contribution in [2.75, 3.05) is 40.0 Å². The summed E-state index contributed by atoms with van der Waals surface area (Å²) in [5.41, 5.74) is 1.12. The summed E-state index contributed by atoms with van der Waals surface area (Å²) in [6.45, 7) is 6.64. The zero-order chi connectivity index (χ0) is 17.0. The van der Waals surface area contributed by atoms with Crippen molar-refractivity contribution in [3.8, 4) is 5.75 Å². The molecule has 1 fully saturated rings. The van der Waals surface area contributed by atoms with Gasteiger partial charge in [0.1, 0.15) is 5.75 Å². The summed E-state index contributed by atoms with van der Waals surface area (Å²) in [6.07, 6.45) is 2.23. The van der Waals surface area contributed by atoms with E-state index in [1.54, 1.807) is 7.11 Å². The van der Waals surface area contributed by atoms with E-state index in [-0.39, 0.29) is 6.10 Å². The summed E-state index contributed by atoms with van der Waals surface area (Å²) in [7, 11) is 1.67. The van der Waals surface area contributed by atoms with Crippen LogP contribution in [-0.2, 0) is 16.0 Å². The zero-order valence-corrected chi connectivity index (χ0v) is 14.7. The van der Waals surface area contributed by atoms with Gasteiger partial charge >= 0.3 is 0 Å². The van der Waals surface area contributed by atoms with E-state index >= 15 is 0 Å². The molecule has 0 aliphatic carbocycles. The first-order valence-corrected chi connectivity index (χ1v) is 8.66. The number of ether oxygens (including phenoxy) is 3. The third-order valence-corrected chi connectivity index (χ3v) is 3.75. The van der Waals surface area contributed by atoms with Crippen LogP contribution in [0.5, 0.6) is 5.75 Å². The van der Waals surface area contributed by atoms with Gasteiger partial charge in [0.05, 0.1) is 26.4 Å². The van der Waals surface area contributed by atoms with Crippen LogP contribution in [0.4, 0.5) is 0 Å². The normalized spacial score (nSPS) is 17.8. The molecule has 0 aromatic heterocycles. The summed E-state index contributed by atoms with van der Waals surface area (Å²) < 4.78 is 16.3. The van der Waals surface area contributed by atoms with Gasteiger partial charge in [-0.2, -0.15) is 0 Å². The maximum Gasteiger partial charge on any atom is 0.191 e. The summed E-state index contributed by atoms with van der Waals surface area (Å²) >= 11 is 0. The lowest BCUT2D eigenvalue weighted by molar-refractivity contribution is 0.0420. The lowest BCUT2D eigenvalue weighted by atomic mass is 10.2. The highest BCUT2D eigenvalue weighted by Gasteiger charge is 2.15. The molecule has 0 bridgehead atoms. The van der Waals surface area contributed by atoms with Crippen LogP contribution in [0.3, 0.4) is 0 Å². The largest absolute Gasteiger partial charge is 0.497 e. The van der Waals surface area contributed by atoms with Gasteiger partial charge in [-0.1, -0.05) is 12.1 Å². The van der Waals surface area contributed by atoms with Gasteiger partial charge in [0.25, 0.3) is 0 Å². The number of guanidine groups is 1. The molecule has 1 unspecified atom stereocenters. The van der Waals surface area contributed by atoms with E-state index in [1.807, 2.05) is 24.3 Å². The summed E-state index contributed by atoms with van der Waals surface area (Å²) in [5, 5.41) is 6.60. The number of hydrogen-bond donors (Lipinski definition) is 2. The fourth-order valence-corrected chi connectivity index (χ4v) is 2.46. The molecule has 2 rings (SSSR count). The first-order chi connectivity index (χ1) is 11.8. The first kappa shape index (κ1) is 18.5. The van der Waals surface area contributed by atoms with E-state index in [9.17, 15) is 0 Å². The molecule has 24 heavy (non-hydrogen) atoms. The predicted molar refractivity (Wildman–Crippen MR) is 95.6 cm³/mol. The predicted octanol–water partition coefficient (Wildman–Crippen LogP) is 1.95. The highest BCUT2D eigenvalue weighted by Crippen LogP contribution is 2.13. The maximum atomic E-state index is 5.76. The molecule has 1 aromatic rings. The minimum Gasteiger partial charge on any atom is -0.497 e. The number of hydrogen-bond acceptors (Lipinski definition) is 4. The molecule has 6 nitrogen and oxygen atoms in total. The molecule has 0 spiro atoms. The Hall–Kier alpha value is -1.79. The molecule has 1 heterocycles. The van der Waals surface area contributed by atoms with Crippen LogP contribution in [0.15, 0.2) is 29.3 Å². The minimum absolute atomic E-state index is 0.278. The van der Waals surface area contributed by atoms with Crippen molar-refractivity contribution < 1.29 is 14.2 Å². The summed E-state index contributed by atoms with van der Waals surface area (Å²) in [4.78, 5) is 4.61. The number of methoxy groups -OCH3 is 1. The van der Waals surface area contributed by atoms with Crippen molar-refractivity contribution >= 4 is 5.96 Å². The molecule has 6 heteroatoms. The molecular formula is C18H29N3O3. The number of benzene rings is 1.